The predicted molar refractivity (Wildman–Crippen MR) is 124 cm³/mol. The summed E-state index contributed by atoms with van der Waals surface area (Å²) < 4.78 is 0. The second-order valence-electron chi connectivity index (χ2n) is 10.7. The lowest BCUT2D eigenvalue weighted by Crippen LogP contribution is -2.51. The summed E-state index contributed by atoms with van der Waals surface area (Å²) in [6.45, 7) is 4.74. The second-order valence-corrected chi connectivity index (χ2v) is 11.5. The van der Waals surface area contributed by atoms with Gasteiger partial charge in [-0.1, -0.05) is 60.8 Å². The molecular formula is C26H32Cl2O2. The first-order chi connectivity index (χ1) is 14.2. The molecule has 0 radical (unpaired) electrons. The Labute approximate surface area is 190 Å². The highest BCUT2D eigenvalue weighted by Crippen LogP contribution is 2.65. The maximum absolute atomic E-state index is 11.4. The molecule has 1 aromatic carbocycles. The van der Waals surface area contributed by atoms with Crippen LogP contribution in [0.5, 0.6) is 0 Å². The molecule has 5 rings (SSSR count). The number of aliphatic hydroxyl groups excluding tert-OH is 2. The van der Waals surface area contributed by atoms with Gasteiger partial charge in [-0.15, -0.1) is 0 Å². The first kappa shape index (κ1) is 21.1. The van der Waals surface area contributed by atoms with Crippen molar-refractivity contribution in [2.24, 2.45) is 28.6 Å². The number of hydrogen-bond donors (Lipinski definition) is 2. The molecule has 30 heavy (non-hydrogen) atoms. The van der Waals surface area contributed by atoms with Gasteiger partial charge in [0.05, 0.1) is 12.2 Å². The summed E-state index contributed by atoms with van der Waals surface area (Å²) in [5, 5.41) is 22.9. The lowest BCUT2D eigenvalue weighted by atomic mass is 9.48. The van der Waals surface area contributed by atoms with E-state index in [-0.39, 0.29) is 16.9 Å². The fraction of sp³-hybridized carbons (Fsp3) is 0.615. The van der Waals surface area contributed by atoms with E-state index in [0.29, 0.717) is 27.8 Å². The van der Waals surface area contributed by atoms with Crippen molar-refractivity contribution in [3.8, 4) is 0 Å². The van der Waals surface area contributed by atoms with Gasteiger partial charge in [0, 0.05) is 15.5 Å². The van der Waals surface area contributed by atoms with Crippen LogP contribution < -0.4 is 0 Å². The summed E-state index contributed by atoms with van der Waals surface area (Å²) in [6.07, 6.45) is 11.1. The van der Waals surface area contributed by atoms with Crippen LogP contribution in [0.3, 0.4) is 0 Å². The Bertz CT molecular complexity index is 922. The molecule has 3 fully saturated rings. The summed E-state index contributed by atoms with van der Waals surface area (Å²) in [4.78, 5) is 0. The third kappa shape index (κ3) is 3.13. The van der Waals surface area contributed by atoms with Gasteiger partial charge in [-0.05, 0) is 91.4 Å². The summed E-state index contributed by atoms with van der Waals surface area (Å²) in [7, 11) is 0. The van der Waals surface area contributed by atoms with Crippen LogP contribution >= 0.6 is 23.2 Å². The highest BCUT2D eigenvalue weighted by atomic mass is 35.5. The Hall–Kier alpha value is -0.800. The molecular weight excluding hydrogens is 415 g/mol. The molecule has 4 aliphatic rings. The molecule has 0 bridgehead atoms. The zero-order valence-corrected chi connectivity index (χ0v) is 19.4. The molecule has 0 heterocycles. The smallest absolute Gasteiger partial charge is 0.0809 e. The Balaban J connectivity index is 1.48. The van der Waals surface area contributed by atoms with Gasteiger partial charge in [0.15, 0.2) is 0 Å². The molecule has 4 heteroatoms. The van der Waals surface area contributed by atoms with E-state index < -0.39 is 6.10 Å². The highest BCUT2D eigenvalue weighted by Gasteiger charge is 2.59. The molecule has 7 atom stereocenters. The first-order valence-electron chi connectivity index (χ1n) is 11.4. The Morgan fingerprint density at radius 1 is 1.03 bits per heavy atom. The van der Waals surface area contributed by atoms with E-state index in [1.54, 1.807) is 6.07 Å². The molecule has 0 amide bonds. The molecule has 0 unspecified atom stereocenters. The minimum absolute atomic E-state index is 0.0677. The third-order valence-corrected chi connectivity index (χ3v) is 9.81. The van der Waals surface area contributed by atoms with Crippen LogP contribution in [0.1, 0.15) is 64.4 Å². The number of benzene rings is 1. The maximum Gasteiger partial charge on any atom is 0.0809 e. The first-order valence-corrected chi connectivity index (χ1v) is 12.2. The van der Waals surface area contributed by atoms with Gasteiger partial charge < -0.3 is 10.2 Å². The molecule has 0 saturated heterocycles. The van der Waals surface area contributed by atoms with Gasteiger partial charge in [0.2, 0.25) is 0 Å². The number of fused-ring (bicyclic) bond motifs is 5. The minimum Gasteiger partial charge on any atom is -0.393 e. The van der Waals surface area contributed by atoms with Crippen LogP contribution in [0.2, 0.25) is 10.0 Å². The number of aliphatic hydroxyl groups is 2. The molecule has 1 aromatic rings. The Kier molecular flexibility index (Phi) is 5.18. The molecule has 0 aromatic heterocycles. The van der Waals surface area contributed by atoms with Crippen molar-refractivity contribution in [1.29, 1.82) is 0 Å². The lowest BCUT2D eigenvalue weighted by molar-refractivity contribution is -0.0685. The van der Waals surface area contributed by atoms with Gasteiger partial charge in [0.25, 0.3) is 0 Å². The minimum atomic E-state index is -0.415. The normalized spacial score (nSPS) is 44.3. The van der Waals surface area contributed by atoms with E-state index >= 15 is 0 Å². The summed E-state index contributed by atoms with van der Waals surface area (Å²) in [5.74, 6) is 1.76. The Morgan fingerprint density at radius 3 is 2.60 bits per heavy atom. The zero-order valence-electron chi connectivity index (χ0n) is 17.9. The monoisotopic (exact) mass is 446 g/mol. The highest BCUT2D eigenvalue weighted by molar-refractivity contribution is 6.35. The summed E-state index contributed by atoms with van der Waals surface area (Å²) in [6, 6.07) is 5.58. The molecule has 0 aliphatic heterocycles. The zero-order chi connectivity index (χ0) is 21.3. The SMILES string of the molecule is C[C@]12CC[C@H]3[C@@H](CC=C4C[C@@H](O)CC[C@@]43C)[C@@H]1C/C(=C\c1ccc(Cl)cc1Cl)[C@@H]2O. The van der Waals surface area contributed by atoms with Crippen molar-refractivity contribution in [1.82, 2.24) is 0 Å². The van der Waals surface area contributed by atoms with Crippen molar-refractivity contribution in [3.63, 3.8) is 0 Å². The average Bonchev–Trinajstić information content (AvgIpc) is 2.95. The van der Waals surface area contributed by atoms with Crippen molar-refractivity contribution in [2.75, 3.05) is 0 Å². The largest absolute Gasteiger partial charge is 0.393 e. The van der Waals surface area contributed by atoms with Gasteiger partial charge in [-0.3, -0.25) is 0 Å². The fourth-order valence-electron chi connectivity index (χ4n) is 7.46. The number of allylic oxidation sites excluding steroid dienone is 1. The van der Waals surface area contributed by atoms with Crippen molar-refractivity contribution in [3.05, 3.63) is 51.0 Å². The van der Waals surface area contributed by atoms with E-state index in [0.717, 1.165) is 49.7 Å². The van der Waals surface area contributed by atoms with Gasteiger partial charge in [-0.2, -0.15) is 0 Å². The van der Waals surface area contributed by atoms with Crippen LogP contribution in [0.15, 0.2) is 35.4 Å². The number of hydrogen-bond acceptors (Lipinski definition) is 2. The second kappa shape index (κ2) is 7.37. The van der Waals surface area contributed by atoms with Crippen molar-refractivity contribution < 1.29 is 10.2 Å². The summed E-state index contributed by atoms with van der Waals surface area (Å²) in [5.41, 5.74) is 3.70. The quantitative estimate of drug-likeness (QED) is 0.472. The van der Waals surface area contributed by atoms with E-state index in [1.165, 1.54) is 12.0 Å². The molecule has 2 N–H and O–H groups in total. The molecule has 162 valence electrons. The fourth-order valence-corrected chi connectivity index (χ4v) is 7.92. The van der Waals surface area contributed by atoms with Gasteiger partial charge >= 0.3 is 0 Å². The Morgan fingerprint density at radius 2 is 1.83 bits per heavy atom. The van der Waals surface area contributed by atoms with Gasteiger partial charge in [0.1, 0.15) is 0 Å². The number of rotatable bonds is 1. The number of halogens is 2. The molecule has 3 saturated carbocycles. The van der Waals surface area contributed by atoms with E-state index in [9.17, 15) is 10.2 Å². The lowest BCUT2D eigenvalue weighted by Gasteiger charge is -2.57. The topological polar surface area (TPSA) is 40.5 Å². The molecule has 0 spiro atoms. The standard InChI is InChI=1S/C26H32Cl2O2/c1-25-9-7-19(29)13-17(25)4-6-20-21(25)8-10-26(2)22(20)12-16(24(26)30)11-15-3-5-18(27)14-23(15)28/h3-5,11,14,19-22,24,29-30H,6-10,12-13H2,1-2H3/b16-11+/t19-,20+,21-,22-,24-,25-,26-/m0/s1. The van der Waals surface area contributed by atoms with Gasteiger partial charge in [-0.25, -0.2) is 0 Å². The predicted octanol–water partition coefficient (Wildman–Crippen LogP) is 6.67. The molecule has 4 aliphatic carbocycles. The average molecular weight is 447 g/mol. The van der Waals surface area contributed by atoms with E-state index in [4.69, 9.17) is 23.2 Å². The van der Waals surface area contributed by atoms with Crippen LogP contribution in [0, 0.1) is 28.6 Å². The van der Waals surface area contributed by atoms with Crippen LogP contribution in [0.4, 0.5) is 0 Å². The summed E-state index contributed by atoms with van der Waals surface area (Å²) >= 11 is 12.5. The maximum atomic E-state index is 11.4. The third-order valence-electron chi connectivity index (χ3n) is 9.25. The van der Waals surface area contributed by atoms with Crippen LogP contribution in [0.25, 0.3) is 6.08 Å². The van der Waals surface area contributed by atoms with Crippen LogP contribution in [-0.2, 0) is 0 Å². The van der Waals surface area contributed by atoms with Crippen LogP contribution in [-0.4, -0.2) is 22.4 Å². The molecule has 2 nitrogen and oxygen atoms in total. The van der Waals surface area contributed by atoms with E-state index in [1.807, 2.05) is 12.1 Å². The van der Waals surface area contributed by atoms with E-state index in [2.05, 4.69) is 26.0 Å². The van der Waals surface area contributed by atoms with Crippen molar-refractivity contribution in [2.45, 2.75) is 71.0 Å². The van der Waals surface area contributed by atoms with Crippen molar-refractivity contribution >= 4 is 29.3 Å².